The van der Waals surface area contributed by atoms with Crippen molar-refractivity contribution in [2.24, 2.45) is 0 Å². The molecule has 0 radical (unpaired) electrons. The van der Waals surface area contributed by atoms with Crippen molar-refractivity contribution in [3.8, 4) is 11.6 Å². The minimum Gasteiger partial charge on any atom is -0.461 e. The van der Waals surface area contributed by atoms with Gasteiger partial charge in [-0.2, -0.15) is 17.9 Å². The number of hydrogen-bond donors (Lipinski definition) is 1. The van der Waals surface area contributed by atoms with E-state index in [0.717, 1.165) is 5.56 Å². The van der Waals surface area contributed by atoms with Crippen LogP contribution in [0.3, 0.4) is 0 Å². The van der Waals surface area contributed by atoms with Crippen LogP contribution in [-0.2, 0) is 20.8 Å². The van der Waals surface area contributed by atoms with Crippen molar-refractivity contribution >= 4 is 32.9 Å². The van der Waals surface area contributed by atoms with Crippen molar-refractivity contribution in [3.05, 3.63) is 54.6 Å². The summed E-state index contributed by atoms with van der Waals surface area (Å²) in [5.41, 5.74) is 8.35. The fraction of sp³-hybridized carbons (Fsp3) is 0.158. The summed E-state index contributed by atoms with van der Waals surface area (Å²) in [4.78, 5) is 13.3. The van der Waals surface area contributed by atoms with E-state index in [1.165, 1.54) is 29.2 Å². The molecule has 11 nitrogen and oxygen atoms in total. The maximum Gasteiger partial charge on any atom is 0.297 e. The number of fused-ring (bicyclic) bond motifs is 3. The molecule has 0 bridgehead atoms. The van der Waals surface area contributed by atoms with Crippen LogP contribution in [0.15, 0.2) is 58.3 Å². The first-order chi connectivity index (χ1) is 14.9. The molecule has 4 aromatic heterocycles. The Morgan fingerprint density at radius 1 is 1.13 bits per heavy atom. The van der Waals surface area contributed by atoms with Gasteiger partial charge in [-0.1, -0.05) is 17.7 Å². The number of benzene rings is 1. The number of imidazole rings is 1. The van der Waals surface area contributed by atoms with Gasteiger partial charge in [-0.3, -0.25) is 4.18 Å². The number of nitrogen functional groups attached to an aromatic ring is 1. The second kappa shape index (κ2) is 7.18. The maximum absolute atomic E-state index is 12.4. The van der Waals surface area contributed by atoms with Crippen LogP contribution in [0.4, 0.5) is 5.95 Å². The fourth-order valence-corrected chi connectivity index (χ4v) is 4.02. The fourth-order valence-electron chi connectivity index (χ4n) is 3.12. The van der Waals surface area contributed by atoms with Crippen LogP contribution in [0.1, 0.15) is 5.56 Å². The number of aryl methyl sites for hydroxylation is 1. The highest BCUT2D eigenvalue weighted by atomic mass is 32.2. The summed E-state index contributed by atoms with van der Waals surface area (Å²) in [6.45, 7) is 1.98. The highest BCUT2D eigenvalue weighted by Gasteiger charge is 2.19. The number of furan rings is 1. The van der Waals surface area contributed by atoms with Crippen molar-refractivity contribution < 1.29 is 17.0 Å². The highest BCUT2D eigenvalue weighted by Crippen LogP contribution is 2.23. The van der Waals surface area contributed by atoms with Crippen LogP contribution in [0.5, 0.6) is 0 Å². The summed E-state index contributed by atoms with van der Waals surface area (Å²) in [5.74, 6) is 0.959. The van der Waals surface area contributed by atoms with Crippen LogP contribution in [0.2, 0.25) is 0 Å². The van der Waals surface area contributed by atoms with Gasteiger partial charge in [0.15, 0.2) is 22.6 Å². The number of aromatic nitrogens is 6. The van der Waals surface area contributed by atoms with Crippen LogP contribution in [-0.4, -0.2) is 44.2 Å². The van der Waals surface area contributed by atoms with Gasteiger partial charge in [-0.15, -0.1) is 5.10 Å². The number of nitrogens with zero attached hydrogens (tertiary/aromatic N) is 6. The monoisotopic (exact) mass is 439 g/mol. The van der Waals surface area contributed by atoms with Crippen molar-refractivity contribution in [3.63, 3.8) is 0 Å². The molecule has 0 saturated carbocycles. The Kier molecular flexibility index (Phi) is 4.45. The third-order valence-corrected chi connectivity index (χ3v) is 6.01. The Bertz CT molecular complexity index is 1490. The summed E-state index contributed by atoms with van der Waals surface area (Å²) in [6.07, 6.45) is 3.05. The summed E-state index contributed by atoms with van der Waals surface area (Å²) in [5, 5.41) is 4.32. The first kappa shape index (κ1) is 19.2. The minimum absolute atomic E-state index is 0.0984. The number of nitrogens with two attached hydrogens (primary N) is 1. The third kappa shape index (κ3) is 3.41. The first-order valence-electron chi connectivity index (χ1n) is 9.29. The quantitative estimate of drug-likeness (QED) is 0.393. The molecule has 0 unspecified atom stereocenters. The molecule has 5 rings (SSSR count). The topological polar surface area (TPSA) is 143 Å². The van der Waals surface area contributed by atoms with E-state index in [2.05, 4.69) is 20.1 Å². The van der Waals surface area contributed by atoms with E-state index < -0.39 is 10.1 Å². The molecule has 0 aliphatic carbocycles. The van der Waals surface area contributed by atoms with Crippen LogP contribution < -0.4 is 5.73 Å². The van der Waals surface area contributed by atoms with Gasteiger partial charge in [0.2, 0.25) is 11.8 Å². The zero-order chi connectivity index (χ0) is 21.6. The second-order valence-corrected chi connectivity index (χ2v) is 8.43. The molecule has 0 spiro atoms. The molecule has 31 heavy (non-hydrogen) atoms. The molecule has 0 aliphatic rings. The van der Waals surface area contributed by atoms with Gasteiger partial charge < -0.3 is 14.7 Å². The van der Waals surface area contributed by atoms with Gasteiger partial charge in [0.05, 0.1) is 30.6 Å². The first-order valence-corrected chi connectivity index (χ1v) is 10.7. The Labute approximate surface area is 176 Å². The van der Waals surface area contributed by atoms with E-state index in [4.69, 9.17) is 14.3 Å². The molecule has 0 atom stereocenters. The largest absolute Gasteiger partial charge is 0.461 e. The van der Waals surface area contributed by atoms with Crippen molar-refractivity contribution in [1.29, 1.82) is 0 Å². The zero-order valence-corrected chi connectivity index (χ0v) is 17.2. The lowest BCUT2D eigenvalue weighted by atomic mass is 10.2. The molecule has 5 aromatic rings. The van der Waals surface area contributed by atoms with Crippen molar-refractivity contribution in [2.45, 2.75) is 18.4 Å². The molecule has 1 aromatic carbocycles. The highest BCUT2D eigenvalue weighted by molar-refractivity contribution is 7.86. The van der Waals surface area contributed by atoms with E-state index >= 15 is 0 Å². The molecule has 0 saturated heterocycles. The second-order valence-electron chi connectivity index (χ2n) is 6.82. The van der Waals surface area contributed by atoms with E-state index in [0.29, 0.717) is 28.4 Å². The molecule has 158 valence electrons. The Balaban J connectivity index is 1.41. The maximum atomic E-state index is 12.4. The Hall–Kier alpha value is -3.77. The number of hydrogen-bond acceptors (Lipinski definition) is 9. The predicted molar refractivity (Wildman–Crippen MR) is 111 cm³/mol. The van der Waals surface area contributed by atoms with E-state index in [9.17, 15) is 8.42 Å². The summed E-state index contributed by atoms with van der Waals surface area (Å²) < 4.78 is 38.3. The SMILES string of the molecule is Cc1ccc(S(=O)(=O)OCCn2cnc3c2nc(N)n2nc(-c4ccco4)nc32)cc1. The van der Waals surface area contributed by atoms with Crippen LogP contribution in [0, 0.1) is 6.92 Å². The lowest BCUT2D eigenvalue weighted by molar-refractivity contribution is 0.302. The molecule has 12 heteroatoms. The molecule has 0 aliphatic heterocycles. The molecule has 4 heterocycles. The van der Waals surface area contributed by atoms with Gasteiger partial charge in [0, 0.05) is 0 Å². The average Bonchev–Trinajstić information content (AvgIpc) is 3.48. The van der Waals surface area contributed by atoms with E-state index in [1.807, 2.05) is 6.92 Å². The standard InChI is InChI=1S/C19H17N7O4S/c1-12-4-6-13(7-5-12)31(27,28)30-10-8-25-11-21-15-17(25)23-19(20)26-18(15)22-16(24-26)14-3-2-9-29-14/h2-7,9,11H,8,10H2,1H3,(H2,20,23). The van der Waals surface area contributed by atoms with Crippen molar-refractivity contribution in [2.75, 3.05) is 12.3 Å². The van der Waals surface area contributed by atoms with Gasteiger partial charge in [-0.05, 0) is 31.2 Å². The average molecular weight is 439 g/mol. The summed E-state index contributed by atoms with van der Waals surface area (Å²) >= 11 is 0. The van der Waals surface area contributed by atoms with Gasteiger partial charge in [0.25, 0.3) is 10.1 Å². The van der Waals surface area contributed by atoms with Gasteiger partial charge in [-0.25, -0.2) is 9.97 Å². The normalized spacial score (nSPS) is 12.2. The number of anilines is 1. The lowest BCUT2D eigenvalue weighted by Gasteiger charge is -2.07. The molecular weight excluding hydrogens is 422 g/mol. The zero-order valence-electron chi connectivity index (χ0n) is 16.3. The minimum atomic E-state index is -3.86. The number of rotatable bonds is 6. The van der Waals surface area contributed by atoms with E-state index in [-0.39, 0.29) is 24.0 Å². The van der Waals surface area contributed by atoms with Gasteiger partial charge in [0.1, 0.15) is 0 Å². The molecule has 0 amide bonds. The Morgan fingerprint density at radius 3 is 2.68 bits per heavy atom. The molecule has 2 N–H and O–H groups in total. The molecular formula is C19H17N7O4S. The summed E-state index contributed by atoms with van der Waals surface area (Å²) in [6, 6.07) is 9.92. The van der Waals surface area contributed by atoms with Crippen LogP contribution >= 0.6 is 0 Å². The third-order valence-electron chi connectivity index (χ3n) is 4.69. The van der Waals surface area contributed by atoms with Gasteiger partial charge >= 0.3 is 0 Å². The smallest absolute Gasteiger partial charge is 0.297 e. The predicted octanol–water partition coefficient (Wildman–Crippen LogP) is 2.03. The van der Waals surface area contributed by atoms with Crippen molar-refractivity contribution in [1.82, 2.24) is 29.1 Å². The van der Waals surface area contributed by atoms with Crippen LogP contribution in [0.25, 0.3) is 28.4 Å². The molecule has 0 fully saturated rings. The Morgan fingerprint density at radius 2 is 1.94 bits per heavy atom. The lowest BCUT2D eigenvalue weighted by Crippen LogP contribution is -2.12. The summed E-state index contributed by atoms with van der Waals surface area (Å²) in [7, 11) is -3.86. The van der Waals surface area contributed by atoms with E-state index in [1.54, 1.807) is 28.8 Å².